The molecule has 3 atom stereocenters. The summed E-state index contributed by atoms with van der Waals surface area (Å²) in [5, 5.41) is 85.0. The quantitative estimate of drug-likeness (QED) is 0.0908. The van der Waals surface area contributed by atoms with Gasteiger partial charge >= 0.3 is 119 Å². The van der Waals surface area contributed by atoms with Crippen LogP contribution in [0.2, 0.25) is 8.87 Å². The van der Waals surface area contributed by atoms with Crippen LogP contribution in [0.25, 0.3) is 0 Å². The summed E-state index contributed by atoms with van der Waals surface area (Å²) in [7, 11) is 0. The molecule has 0 spiro atoms. The van der Waals surface area contributed by atoms with Crippen LogP contribution in [-0.2, 0) is 28.8 Å². The van der Waals surface area contributed by atoms with Crippen molar-refractivity contribution in [2.75, 3.05) is 0 Å². The molecule has 0 aromatic rings. The van der Waals surface area contributed by atoms with Gasteiger partial charge in [-0.1, -0.05) is 0 Å². The van der Waals surface area contributed by atoms with Gasteiger partial charge in [-0.05, 0) is 20.8 Å². The van der Waals surface area contributed by atoms with E-state index in [2.05, 4.69) is 13.8 Å². The maximum atomic E-state index is 9.90. The molecule has 15 nitrogen and oxygen atoms in total. The first-order valence-electron chi connectivity index (χ1n) is 13.6. The molecule has 250 valence electrons. The molecule has 17 heteroatoms. The summed E-state index contributed by atoms with van der Waals surface area (Å²) in [6, 6.07) is 0. The zero-order valence-corrected chi connectivity index (χ0v) is 31.6. The normalized spacial score (nSPS) is 13.8. The first-order chi connectivity index (χ1) is 19.9. The van der Waals surface area contributed by atoms with Gasteiger partial charge in [0.25, 0.3) is 0 Å². The van der Waals surface area contributed by atoms with E-state index in [0.29, 0.717) is 0 Å². The molecule has 0 bridgehead atoms. The minimum absolute atomic E-state index is 0.831. The molecular formula is C27H44O15Sn2. The number of carboxylic acid groups (broad SMARTS) is 6. The standard InChI is InChI=1S/2C6H13.3C5H8O5.2Sn/c2*1-3-5-6-4-2;3*1-5(10,4(8)9)2-3(6)7;;/h2*1,3-6H2,2H3;3*10H,2H2,1H3,(H,6,7)(H,8,9);;/q;;;;;2*+3/p-6. The monoisotopic (exact) mass is 848 g/mol. The van der Waals surface area contributed by atoms with Gasteiger partial charge in [-0.25, -0.2) is 0 Å². The predicted molar refractivity (Wildman–Crippen MR) is 145 cm³/mol. The molecule has 0 heterocycles. The van der Waals surface area contributed by atoms with Crippen molar-refractivity contribution >= 4 is 80.9 Å². The van der Waals surface area contributed by atoms with Crippen LogP contribution in [0.4, 0.5) is 0 Å². The molecule has 0 radical (unpaired) electrons. The average molecular weight is 846 g/mol. The fraction of sp³-hybridized carbons (Fsp3) is 0.778. The summed E-state index contributed by atoms with van der Waals surface area (Å²) in [5.41, 5.74) is -7.00. The molecule has 0 aliphatic rings. The molecule has 0 aliphatic heterocycles. The van der Waals surface area contributed by atoms with Crippen molar-refractivity contribution < 1.29 is 74.7 Å². The Morgan fingerprint density at radius 3 is 0.773 bits per heavy atom. The number of carboxylic acids is 6. The van der Waals surface area contributed by atoms with E-state index in [1.807, 2.05) is 0 Å². The van der Waals surface area contributed by atoms with Crippen LogP contribution in [0.3, 0.4) is 0 Å². The molecule has 3 N–H and O–H groups in total. The van der Waals surface area contributed by atoms with Gasteiger partial charge in [0.2, 0.25) is 0 Å². The van der Waals surface area contributed by atoms with E-state index >= 15 is 0 Å². The maximum absolute atomic E-state index is 9.90. The summed E-state index contributed by atoms with van der Waals surface area (Å²) in [4.78, 5) is 59.0. The third-order valence-electron chi connectivity index (χ3n) is 4.85. The second-order valence-electron chi connectivity index (χ2n) is 9.95. The van der Waals surface area contributed by atoms with Crippen LogP contribution in [0.1, 0.15) is 105 Å². The van der Waals surface area contributed by atoms with E-state index in [1.165, 1.54) is 60.2 Å². The van der Waals surface area contributed by atoms with Gasteiger partial charge in [-0.3, -0.25) is 0 Å². The van der Waals surface area contributed by atoms with Gasteiger partial charge in [0.15, 0.2) is 0 Å². The van der Waals surface area contributed by atoms with Crippen molar-refractivity contribution in [3.63, 3.8) is 0 Å². The third kappa shape index (κ3) is 40.3. The SMILES string of the molecule is CC(O)(CC(=O)[O-])C(=O)[O-].CC(O)(CC(=O)[O-])C(=O)[O-].CC(O)(CC(=O)[O-])C(=O)[O-].CCCCC[CH2][Sn+3].CCCCC[CH2][Sn+3]. The van der Waals surface area contributed by atoms with Crippen LogP contribution >= 0.6 is 0 Å². The van der Waals surface area contributed by atoms with Gasteiger partial charge in [0.05, 0.1) is 17.9 Å². The van der Waals surface area contributed by atoms with Crippen LogP contribution in [0.5, 0.6) is 0 Å². The summed E-state index contributed by atoms with van der Waals surface area (Å²) in [6.45, 7) is 7.00. The Morgan fingerprint density at radius 1 is 0.477 bits per heavy atom. The zero-order valence-electron chi connectivity index (χ0n) is 25.9. The summed E-state index contributed by atoms with van der Waals surface area (Å²) >= 11 is 3.40. The van der Waals surface area contributed by atoms with Gasteiger partial charge in [-0.15, -0.1) is 0 Å². The molecule has 0 aromatic carbocycles. The molecule has 0 rings (SSSR count). The van der Waals surface area contributed by atoms with Crippen LogP contribution in [0.15, 0.2) is 0 Å². The van der Waals surface area contributed by atoms with Crippen molar-refractivity contribution in [1.82, 2.24) is 0 Å². The van der Waals surface area contributed by atoms with Crippen LogP contribution in [0, 0.1) is 0 Å². The Hall–Kier alpha value is -1.70. The number of hydrogen-bond donors (Lipinski definition) is 3. The van der Waals surface area contributed by atoms with Crippen molar-refractivity contribution in [3.8, 4) is 0 Å². The predicted octanol–water partition coefficient (Wildman–Crippen LogP) is -5.81. The van der Waals surface area contributed by atoms with Gasteiger partial charge in [0.1, 0.15) is 16.8 Å². The van der Waals surface area contributed by atoms with Crippen molar-refractivity contribution in [3.05, 3.63) is 0 Å². The summed E-state index contributed by atoms with van der Waals surface area (Å²) < 4.78 is 2.90. The minimum atomic E-state index is -2.33. The Balaban J connectivity index is -0.000000145. The van der Waals surface area contributed by atoms with Crippen molar-refractivity contribution in [1.29, 1.82) is 0 Å². The Kier molecular flexibility index (Phi) is 35.3. The molecule has 0 saturated heterocycles. The molecule has 44 heavy (non-hydrogen) atoms. The van der Waals surface area contributed by atoms with Gasteiger partial charge in [0, 0.05) is 37.2 Å². The van der Waals surface area contributed by atoms with Crippen molar-refractivity contribution in [2.45, 2.75) is 131 Å². The number of unbranched alkanes of at least 4 members (excludes halogenated alkanes) is 6. The zero-order chi connectivity index (χ0) is 36.2. The Labute approximate surface area is 285 Å². The third-order valence-corrected chi connectivity index (χ3v) is 6.86. The molecular weight excluding hydrogens is 802 g/mol. The first-order valence-corrected chi connectivity index (χ1v) is 17.6. The van der Waals surface area contributed by atoms with E-state index < -0.39 is 71.9 Å². The fourth-order valence-corrected chi connectivity index (χ4v) is 3.59. The van der Waals surface area contributed by atoms with Gasteiger partial charge < -0.3 is 74.7 Å². The number of aliphatic carboxylic acids is 6. The second kappa shape index (κ2) is 30.0. The number of rotatable bonds is 17. The topological polar surface area (TPSA) is 301 Å². The Morgan fingerprint density at radius 2 is 0.682 bits per heavy atom. The first kappa shape index (κ1) is 51.9. The van der Waals surface area contributed by atoms with Crippen molar-refractivity contribution in [2.24, 2.45) is 0 Å². The molecule has 0 saturated carbocycles. The second-order valence-corrected chi connectivity index (χ2v) is 12.8. The fourth-order valence-electron chi connectivity index (χ4n) is 2.16. The summed E-state index contributed by atoms with van der Waals surface area (Å²) in [5.74, 6) is -10.4. The molecule has 0 aliphatic carbocycles. The molecule has 0 aromatic heterocycles. The average Bonchev–Trinajstić information content (AvgIpc) is 2.84. The van der Waals surface area contributed by atoms with E-state index in [4.69, 9.17) is 15.3 Å². The number of carbonyl (C=O) groups is 6. The number of aliphatic hydroxyl groups is 3. The van der Waals surface area contributed by atoms with Crippen LogP contribution in [-0.4, -0.2) is 113 Å². The number of carbonyl (C=O) groups excluding carboxylic acids is 6. The molecule has 0 amide bonds. The Bertz CT molecular complexity index is 720. The van der Waals surface area contributed by atoms with E-state index in [1.54, 1.807) is 45.0 Å². The van der Waals surface area contributed by atoms with E-state index in [9.17, 15) is 59.4 Å². The number of hydrogen-bond acceptors (Lipinski definition) is 15. The molecule has 0 fully saturated rings. The van der Waals surface area contributed by atoms with Crippen LogP contribution < -0.4 is 30.6 Å². The molecule has 3 unspecified atom stereocenters. The summed E-state index contributed by atoms with van der Waals surface area (Å²) in [6.07, 6.45) is 8.58. The van der Waals surface area contributed by atoms with E-state index in [-0.39, 0.29) is 0 Å². The van der Waals surface area contributed by atoms with E-state index in [0.717, 1.165) is 20.8 Å². The van der Waals surface area contributed by atoms with Gasteiger partial charge in [-0.2, -0.15) is 0 Å².